The summed E-state index contributed by atoms with van der Waals surface area (Å²) in [4.78, 5) is 26.3. The van der Waals surface area contributed by atoms with E-state index < -0.39 is 0 Å². The molecule has 1 atom stereocenters. The maximum Gasteiger partial charge on any atom is 0.269 e. The Morgan fingerprint density at radius 3 is 2.56 bits per heavy atom. The topological polar surface area (TPSA) is 63.5 Å². The van der Waals surface area contributed by atoms with Gasteiger partial charge in [-0.1, -0.05) is 66.7 Å². The zero-order valence-electron chi connectivity index (χ0n) is 17.7. The fraction of sp³-hybridized carbons (Fsp3) is 0.148. The van der Waals surface area contributed by atoms with Crippen LogP contribution in [0.5, 0.6) is 0 Å². The first-order valence-electron chi connectivity index (χ1n) is 10.6. The molecule has 0 saturated carbocycles. The lowest BCUT2D eigenvalue weighted by Crippen LogP contribution is -2.36. The van der Waals surface area contributed by atoms with Gasteiger partial charge in [-0.2, -0.15) is 0 Å². The molecule has 1 heterocycles. The lowest BCUT2D eigenvalue weighted by molar-refractivity contribution is -0.384. The number of carbonyl (C=O) groups is 1. The van der Waals surface area contributed by atoms with Crippen molar-refractivity contribution in [1.82, 2.24) is 0 Å². The van der Waals surface area contributed by atoms with Crippen LogP contribution in [0.2, 0.25) is 0 Å². The van der Waals surface area contributed by atoms with E-state index in [-0.39, 0.29) is 28.9 Å². The summed E-state index contributed by atoms with van der Waals surface area (Å²) in [5.41, 5.74) is 5.01. The van der Waals surface area contributed by atoms with Gasteiger partial charge < -0.3 is 4.90 Å². The number of benzene rings is 4. The molecule has 32 heavy (non-hydrogen) atoms. The Bertz CT molecular complexity index is 1360. The average molecular weight is 422 g/mol. The number of anilines is 1. The Kier molecular flexibility index (Phi) is 4.94. The normalized spacial score (nSPS) is 15.6. The van der Waals surface area contributed by atoms with E-state index in [0.717, 1.165) is 38.7 Å². The molecule has 5 heteroatoms. The summed E-state index contributed by atoms with van der Waals surface area (Å²) in [5, 5.41) is 13.5. The van der Waals surface area contributed by atoms with Crippen LogP contribution in [0.1, 0.15) is 34.6 Å². The third-order valence-electron chi connectivity index (χ3n) is 6.34. The maximum atomic E-state index is 13.4. The molecular formula is C27H22N2O3. The van der Waals surface area contributed by atoms with Gasteiger partial charge in [0.2, 0.25) is 5.91 Å². The summed E-state index contributed by atoms with van der Waals surface area (Å²) in [5.74, 6) is -0.218. The first-order valence-corrected chi connectivity index (χ1v) is 10.6. The number of carbonyl (C=O) groups excluding carboxylic acids is 1. The minimum absolute atomic E-state index is 0.0209. The van der Waals surface area contributed by atoms with Crippen LogP contribution in [0.3, 0.4) is 0 Å². The molecule has 1 aliphatic heterocycles. The molecule has 1 unspecified atom stereocenters. The number of nitro benzene ring substituents is 1. The van der Waals surface area contributed by atoms with E-state index in [2.05, 4.69) is 31.2 Å². The smallest absolute Gasteiger partial charge is 0.269 e. The van der Waals surface area contributed by atoms with Crippen molar-refractivity contribution >= 4 is 28.1 Å². The van der Waals surface area contributed by atoms with E-state index in [1.807, 2.05) is 47.4 Å². The minimum Gasteiger partial charge on any atom is -0.308 e. The summed E-state index contributed by atoms with van der Waals surface area (Å²) in [7, 11) is 0. The van der Waals surface area contributed by atoms with E-state index >= 15 is 0 Å². The molecular weight excluding hydrogens is 400 g/mol. The van der Waals surface area contributed by atoms with Gasteiger partial charge in [0.25, 0.3) is 5.69 Å². The molecule has 0 radical (unpaired) electrons. The molecule has 0 bridgehead atoms. The van der Waals surface area contributed by atoms with Gasteiger partial charge in [-0.05, 0) is 46.0 Å². The fourth-order valence-corrected chi connectivity index (χ4v) is 4.68. The number of nitro groups is 1. The summed E-state index contributed by atoms with van der Waals surface area (Å²) < 4.78 is 0. The summed E-state index contributed by atoms with van der Waals surface area (Å²) in [6.07, 6.45) is 0.272. The molecule has 0 spiro atoms. The Morgan fingerprint density at radius 1 is 0.969 bits per heavy atom. The first-order chi connectivity index (χ1) is 15.5. The van der Waals surface area contributed by atoms with Gasteiger partial charge in [0.05, 0.1) is 11.5 Å². The number of rotatable bonds is 4. The second-order valence-corrected chi connectivity index (χ2v) is 8.23. The van der Waals surface area contributed by atoms with Crippen LogP contribution in [-0.2, 0) is 11.3 Å². The molecule has 0 N–H and O–H groups in total. The predicted molar refractivity (Wildman–Crippen MR) is 126 cm³/mol. The van der Waals surface area contributed by atoms with Crippen molar-refractivity contribution in [2.75, 3.05) is 4.90 Å². The Labute approximate surface area is 186 Å². The molecule has 158 valence electrons. The van der Waals surface area contributed by atoms with Crippen molar-refractivity contribution in [3.8, 4) is 0 Å². The molecule has 1 aliphatic rings. The molecule has 0 fully saturated rings. The van der Waals surface area contributed by atoms with Gasteiger partial charge >= 0.3 is 0 Å². The standard InChI is InChI=1S/C27H22N2O3/c1-18-7-2-3-9-21(18)17-28-25-14-13-19-8-4-5-12-23(19)27(25)24(16-26(28)30)20-10-6-11-22(15-20)29(31)32/h2-15,24H,16-17H2,1H3. The Balaban J connectivity index is 1.69. The largest absolute Gasteiger partial charge is 0.308 e. The highest BCUT2D eigenvalue weighted by atomic mass is 16.6. The van der Waals surface area contributed by atoms with Gasteiger partial charge in [-0.3, -0.25) is 14.9 Å². The highest BCUT2D eigenvalue weighted by Crippen LogP contribution is 2.45. The van der Waals surface area contributed by atoms with Crippen LogP contribution in [-0.4, -0.2) is 10.8 Å². The van der Waals surface area contributed by atoms with Crippen LogP contribution in [0.4, 0.5) is 11.4 Å². The van der Waals surface area contributed by atoms with Crippen molar-refractivity contribution < 1.29 is 9.72 Å². The van der Waals surface area contributed by atoms with Crippen molar-refractivity contribution in [1.29, 1.82) is 0 Å². The van der Waals surface area contributed by atoms with Gasteiger partial charge in [-0.15, -0.1) is 0 Å². The molecule has 1 amide bonds. The highest BCUT2D eigenvalue weighted by Gasteiger charge is 2.34. The zero-order valence-corrected chi connectivity index (χ0v) is 17.7. The fourth-order valence-electron chi connectivity index (χ4n) is 4.68. The van der Waals surface area contributed by atoms with Gasteiger partial charge in [0.15, 0.2) is 0 Å². The molecule has 0 aliphatic carbocycles. The first kappa shape index (κ1) is 19.9. The molecule has 4 aromatic carbocycles. The maximum absolute atomic E-state index is 13.4. The number of non-ortho nitro benzene ring substituents is 1. The quantitative estimate of drug-likeness (QED) is 0.294. The number of fused-ring (bicyclic) bond motifs is 3. The number of amides is 1. The van der Waals surface area contributed by atoms with E-state index in [4.69, 9.17) is 0 Å². The second kappa shape index (κ2) is 7.93. The Morgan fingerprint density at radius 2 is 1.75 bits per heavy atom. The van der Waals surface area contributed by atoms with Crippen LogP contribution in [0, 0.1) is 17.0 Å². The lowest BCUT2D eigenvalue weighted by atomic mass is 9.81. The predicted octanol–water partition coefficient (Wildman–Crippen LogP) is 6.13. The lowest BCUT2D eigenvalue weighted by Gasteiger charge is -2.35. The number of nitrogens with zero attached hydrogens (tertiary/aromatic N) is 2. The number of hydrogen-bond donors (Lipinski definition) is 0. The second-order valence-electron chi connectivity index (χ2n) is 8.23. The molecule has 5 rings (SSSR count). The van der Waals surface area contributed by atoms with E-state index in [0.29, 0.717) is 6.54 Å². The molecule has 0 saturated heterocycles. The van der Waals surface area contributed by atoms with E-state index in [9.17, 15) is 14.9 Å². The minimum atomic E-state index is -0.386. The highest BCUT2D eigenvalue weighted by molar-refractivity contribution is 6.03. The van der Waals surface area contributed by atoms with Crippen LogP contribution in [0.25, 0.3) is 10.8 Å². The van der Waals surface area contributed by atoms with Crippen molar-refractivity contribution in [2.45, 2.75) is 25.8 Å². The van der Waals surface area contributed by atoms with Crippen LogP contribution < -0.4 is 4.90 Å². The van der Waals surface area contributed by atoms with Crippen molar-refractivity contribution in [2.24, 2.45) is 0 Å². The third kappa shape index (κ3) is 3.42. The van der Waals surface area contributed by atoms with E-state index in [1.54, 1.807) is 12.1 Å². The molecule has 4 aromatic rings. The summed E-state index contributed by atoms with van der Waals surface area (Å²) in [6, 6.07) is 26.9. The Hall–Kier alpha value is -3.99. The number of hydrogen-bond acceptors (Lipinski definition) is 3. The van der Waals surface area contributed by atoms with Crippen LogP contribution >= 0.6 is 0 Å². The zero-order chi connectivity index (χ0) is 22.2. The van der Waals surface area contributed by atoms with Crippen molar-refractivity contribution in [3.63, 3.8) is 0 Å². The van der Waals surface area contributed by atoms with Crippen LogP contribution in [0.15, 0.2) is 84.9 Å². The average Bonchev–Trinajstić information content (AvgIpc) is 2.81. The summed E-state index contributed by atoms with van der Waals surface area (Å²) >= 11 is 0. The SMILES string of the molecule is Cc1ccccc1CN1C(=O)CC(c2cccc([N+](=O)[O-])c2)c2c1ccc1ccccc21. The molecule has 5 nitrogen and oxygen atoms in total. The van der Waals surface area contributed by atoms with Gasteiger partial charge in [0, 0.05) is 30.2 Å². The summed E-state index contributed by atoms with van der Waals surface area (Å²) in [6.45, 7) is 2.55. The monoisotopic (exact) mass is 422 g/mol. The number of aryl methyl sites for hydroxylation is 1. The molecule has 0 aromatic heterocycles. The third-order valence-corrected chi connectivity index (χ3v) is 6.34. The van der Waals surface area contributed by atoms with Gasteiger partial charge in [0.1, 0.15) is 0 Å². The van der Waals surface area contributed by atoms with Gasteiger partial charge in [-0.25, -0.2) is 0 Å². The van der Waals surface area contributed by atoms with Crippen molar-refractivity contribution in [3.05, 3.63) is 117 Å². The van der Waals surface area contributed by atoms with E-state index in [1.165, 1.54) is 6.07 Å².